The third kappa shape index (κ3) is 2.77. The molecule has 1 N–H and O–H groups in total. The zero-order chi connectivity index (χ0) is 16.5. The summed E-state index contributed by atoms with van der Waals surface area (Å²) in [6.07, 6.45) is 7.01. The monoisotopic (exact) mass is 325 g/mol. The van der Waals surface area contributed by atoms with Crippen molar-refractivity contribution < 1.29 is 4.79 Å². The van der Waals surface area contributed by atoms with Gasteiger partial charge in [-0.1, -0.05) is 0 Å². The lowest BCUT2D eigenvalue weighted by Crippen LogP contribution is -2.29. The van der Waals surface area contributed by atoms with Crippen LogP contribution in [0.3, 0.4) is 0 Å². The van der Waals surface area contributed by atoms with Gasteiger partial charge in [-0.15, -0.1) is 0 Å². The average Bonchev–Trinajstić information content (AvgIpc) is 3.35. The molecule has 1 amide bonds. The molecule has 6 nitrogen and oxygen atoms in total. The molecule has 0 radical (unpaired) electrons. The van der Waals surface area contributed by atoms with Crippen LogP contribution in [0.1, 0.15) is 46.8 Å². The topological polar surface area (TPSA) is 65.1 Å². The Bertz CT molecular complexity index is 735. The Kier molecular flexibility index (Phi) is 3.96. The van der Waals surface area contributed by atoms with Crippen molar-refractivity contribution in [1.29, 1.82) is 0 Å². The molecule has 1 atom stereocenters. The van der Waals surface area contributed by atoms with Crippen LogP contribution in [-0.4, -0.2) is 52.2 Å². The van der Waals surface area contributed by atoms with Crippen LogP contribution in [0.4, 0.5) is 5.82 Å². The van der Waals surface area contributed by atoms with Crippen LogP contribution < -0.4 is 4.90 Å². The van der Waals surface area contributed by atoms with Crippen LogP contribution in [0.25, 0.3) is 0 Å². The van der Waals surface area contributed by atoms with Crippen molar-refractivity contribution in [1.82, 2.24) is 20.1 Å². The zero-order valence-corrected chi connectivity index (χ0v) is 14.0. The van der Waals surface area contributed by atoms with Crippen molar-refractivity contribution in [3.05, 3.63) is 41.3 Å². The molecule has 24 heavy (non-hydrogen) atoms. The largest absolute Gasteiger partial charge is 0.357 e. The number of hydrogen-bond acceptors (Lipinski definition) is 4. The second-order valence-electron chi connectivity index (χ2n) is 6.80. The van der Waals surface area contributed by atoms with Crippen LogP contribution in [-0.2, 0) is 0 Å². The average molecular weight is 325 g/mol. The minimum atomic E-state index is 0.109. The molecule has 0 saturated carbocycles. The van der Waals surface area contributed by atoms with Crippen LogP contribution in [0, 0.1) is 6.92 Å². The molecule has 2 aliphatic rings. The molecule has 2 saturated heterocycles. The molecular formula is C18H23N5O. The minimum Gasteiger partial charge on any atom is -0.357 e. The Labute approximate surface area is 141 Å². The number of likely N-dealkylation sites (tertiary alicyclic amines) is 1. The predicted octanol–water partition coefficient (Wildman–Crippen LogP) is 2.34. The van der Waals surface area contributed by atoms with Gasteiger partial charge in [0.05, 0.1) is 6.20 Å². The zero-order valence-electron chi connectivity index (χ0n) is 14.0. The highest BCUT2D eigenvalue weighted by Crippen LogP contribution is 2.29. The summed E-state index contributed by atoms with van der Waals surface area (Å²) >= 11 is 0. The molecule has 0 bridgehead atoms. The summed E-state index contributed by atoms with van der Waals surface area (Å²) in [7, 11) is 0. The van der Waals surface area contributed by atoms with Gasteiger partial charge in [0.2, 0.25) is 0 Å². The highest BCUT2D eigenvalue weighted by Gasteiger charge is 2.30. The number of nitrogens with one attached hydrogen (secondary N) is 1. The Hall–Kier alpha value is -2.37. The first-order valence-corrected chi connectivity index (χ1v) is 8.72. The number of nitrogens with zero attached hydrogens (tertiary/aromatic N) is 4. The third-order valence-electron chi connectivity index (χ3n) is 5.17. The van der Waals surface area contributed by atoms with Gasteiger partial charge in [-0.25, -0.2) is 4.98 Å². The van der Waals surface area contributed by atoms with E-state index in [4.69, 9.17) is 0 Å². The molecule has 0 aromatic carbocycles. The summed E-state index contributed by atoms with van der Waals surface area (Å²) in [5.74, 6) is 1.40. The molecule has 2 aromatic rings. The molecular weight excluding hydrogens is 302 g/mol. The first kappa shape index (κ1) is 15.2. The van der Waals surface area contributed by atoms with Gasteiger partial charge in [-0.3, -0.25) is 9.89 Å². The molecule has 4 rings (SSSR count). The fraction of sp³-hybridized carbons (Fsp3) is 0.500. The summed E-state index contributed by atoms with van der Waals surface area (Å²) < 4.78 is 0. The van der Waals surface area contributed by atoms with Gasteiger partial charge >= 0.3 is 0 Å². The van der Waals surface area contributed by atoms with E-state index in [-0.39, 0.29) is 5.91 Å². The molecule has 0 aliphatic carbocycles. The van der Waals surface area contributed by atoms with E-state index in [2.05, 4.69) is 27.0 Å². The number of aryl methyl sites for hydroxylation is 1. The highest BCUT2D eigenvalue weighted by atomic mass is 16.2. The van der Waals surface area contributed by atoms with Crippen LogP contribution >= 0.6 is 0 Å². The lowest BCUT2D eigenvalue weighted by atomic mass is 10.0. The predicted molar refractivity (Wildman–Crippen MR) is 92.3 cm³/mol. The third-order valence-corrected chi connectivity index (χ3v) is 5.17. The van der Waals surface area contributed by atoms with Gasteiger partial charge in [0.25, 0.3) is 5.91 Å². The number of rotatable bonds is 3. The lowest BCUT2D eigenvalue weighted by Gasteiger charge is -2.19. The van der Waals surface area contributed by atoms with E-state index in [1.165, 1.54) is 18.4 Å². The first-order valence-electron chi connectivity index (χ1n) is 8.72. The Balaban J connectivity index is 1.48. The van der Waals surface area contributed by atoms with Crippen LogP contribution in [0.2, 0.25) is 0 Å². The van der Waals surface area contributed by atoms with E-state index in [1.807, 2.05) is 23.2 Å². The maximum Gasteiger partial charge on any atom is 0.254 e. The summed E-state index contributed by atoms with van der Waals surface area (Å²) in [5, 5.41) is 7.20. The summed E-state index contributed by atoms with van der Waals surface area (Å²) in [5.41, 5.74) is 3.08. The first-order chi connectivity index (χ1) is 11.7. The van der Waals surface area contributed by atoms with Crippen LogP contribution in [0.5, 0.6) is 0 Å². The number of anilines is 1. The number of pyridine rings is 1. The van der Waals surface area contributed by atoms with Crippen molar-refractivity contribution in [2.75, 3.05) is 31.1 Å². The highest BCUT2D eigenvalue weighted by molar-refractivity contribution is 5.95. The van der Waals surface area contributed by atoms with Gasteiger partial charge in [0.15, 0.2) is 0 Å². The van der Waals surface area contributed by atoms with Crippen molar-refractivity contribution >= 4 is 11.7 Å². The number of aromatic amines is 1. The smallest absolute Gasteiger partial charge is 0.254 e. The second kappa shape index (κ2) is 6.26. The van der Waals surface area contributed by atoms with Gasteiger partial charge < -0.3 is 9.80 Å². The number of amides is 1. The summed E-state index contributed by atoms with van der Waals surface area (Å²) in [6.45, 7) is 5.69. The van der Waals surface area contributed by atoms with E-state index < -0.39 is 0 Å². The Morgan fingerprint density at radius 3 is 2.88 bits per heavy atom. The standard InChI is InChI=1S/C18H23N5O/c1-13-11-20-21-17(13)15-5-9-23(12-15)18(24)14-4-6-19-16(10-14)22-7-2-3-8-22/h4,6,10-11,15H,2-3,5,7-9,12H2,1H3,(H,20,21)/t15-/m1/s1. The van der Waals surface area contributed by atoms with E-state index in [9.17, 15) is 4.79 Å². The number of carbonyl (C=O) groups is 1. The van der Waals surface area contributed by atoms with E-state index >= 15 is 0 Å². The molecule has 2 aliphatic heterocycles. The molecule has 4 heterocycles. The van der Waals surface area contributed by atoms with Gasteiger partial charge in [0.1, 0.15) is 5.82 Å². The Morgan fingerprint density at radius 1 is 1.29 bits per heavy atom. The lowest BCUT2D eigenvalue weighted by molar-refractivity contribution is 0.0790. The molecule has 6 heteroatoms. The van der Waals surface area contributed by atoms with Crippen molar-refractivity contribution in [3.63, 3.8) is 0 Å². The molecule has 0 spiro atoms. The normalized spacial score (nSPS) is 20.8. The Morgan fingerprint density at radius 2 is 2.12 bits per heavy atom. The van der Waals surface area contributed by atoms with Gasteiger partial charge in [0, 0.05) is 49.6 Å². The van der Waals surface area contributed by atoms with E-state index in [0.29, 0.717) is 5.92 Å². The second-order valence-corrected chi connectivity index (χ2v) is 6.80. The van der Waals surface area contributed by atoms with Crippen molar-refractivity contribution in [2.45, 2.75) is 32.1 Å². The molecule has 126 valence electrons. The molecule has 2 aromatic heterocycles. The summed E-state index contributed by atoms with van der Waals surface area (Å²) in [6, 6.07) is 3.78. The maximum atomic E-state index is 12.9. The van der Waals surface area contributed by atoms with Crippen molar-refractivity contribution in [2.24, 2.45) is 0 Å². The van der Waals surface area contributed by atoms with E-state index in [0.717, 1.165) is 49.7 Å². The SMILES string of the molecule is Cc1cn[nH]c1[C@@H]1CCN(C(=O)c2ccnc(N3CCCC3)c2)C1. The van der Waals surface area contributed by atoms with E-state index in [1.54, 1.807) is 6.20 Å². The van der Waals surface area contributed by atoms with Crippen LogP contribution in [0.15, 0.2) is 24.5 Å². The van der Waals surface area contributed by atoms with Gasteiger partial charge in [-0.2, -0.15) is 5.10 Å². The molecule has 0 unspecified atom stereocenters. The van der Waals surface area contributed by atoms with Gasteiger partial charge in [-0.05, 0) is 43.9 Å². The quantitative estimate of drug-likeness (QED) is 0.941. The number of carbonyl (C=O) groups excluding carboxylic acids is 1. The number of hydrogen-bond donors (Lipinski definition) is 1. The maximum absolute atomic E-state index is 12.9. The molecule has 2 fully saturated rings. The van der Waals surface area contributed by atoms with Crippen molar-refractivity contribution in [3.8, 4) is 0 Å². The summed E-state index contributed by atoms with van der Waals surface area (Å²) in [4.78, 5) is 21.5. The number of H-pyrrole nitrogens is 1. The fourth-order valence-corrected chi connectivity index (χ4v) is 3.80. The minimum absolute atomic E-state index is 0.109. The fourth-order valence-electron chi connectivity index (χ4n) is 3.80. The number of aromatic nitrogens is 3.